The minimum absolute atomic E-state index is 0.758. The fraction of sp³-hybridized carbons (Fsp3) is 0.364. The van der Waals surface area contributed by atoms with Crippen LogP contribution in [-0.4, -0.2) is 26.3 Å². The van der Waals surface area contributed by atoms with Crippen molar-refractivity contribution in [2.24, 2.45) is 0 Å². The Labute approximate surface area is 108 Å². The molecule has 2 aromatic rings. The SMILES string of the molecule is Cc1nc(Br)cc(NCCCn2cccn2)n1. The van der Waals surface area contributed by atoms with Crippen LogP contribution in [-0.2, 0) is 6.54 Å². The highest BCUT2D eigenvalue weighted by atomic mass is 79.9. The third-order valence-electron chi connectivity index (χ3n) is 2.24. The number of aryl methyl sites for hydroxylation is 2. The van der Waals surface area contributed by atoms with Crippen LogP contribution >= 0.6 is 15.9 Å². The number of hydrogen-bond donors (Lipinski definition) is 1. The molecule has 0 aliphatic rings. The molecule has 0 bridgehead atoms. The number of nitrogens with one attached hydrogen (secondary N) is 1. The molecule has 6 heteroatoms. The van der Waals surface area contributed by atoms with E-state index in [9.17, 15) is 0 Å². The number of halogens is 1. The third-order valence-corrected chi connectivity index (χ3v) is 2.64. The van der Waals surface area contributed by atoms with Crippen LogP contribution < -0.4 is 5.32 Å². The summed E-state index contributed by atoms with van der Waals surface area (Å²) in [5, 5.41) is 7.41. The molecule has 5 nitrogen and oxygen atoms in total. The van der Waals surface area contributed by atoms with Gasteiger partial charge in [0.05, 0.1) is 0 Å². The summed E-state index contributed by atoms with van der Waals surface area (Å²) in [4.78, 5) is 8.45. The minimum atomic E-state index is 0.758. The van der Waals surface area contributed by atoms with Gasteiger partial charge >= 0.3 is 0 Å². The number of hydrogen-bond acceptors (Lipinski definition) is 4. The van der Waals surface area contributed by atoms with Crippen LogP contribution in [0.4, 0.5) is 5.82 Å². The normalized spacial score (nSPS) is 10.5. The molecule has 0 amide bonds. The Balaban J connectivity index is 1.78. The minimum Gasteiger partial charge on any atom is -0.370 e. The number of aromatic nitrogens is 4. The molecular formula is C11H14BrN5. The zero-order chi connectivity index (χ0) is 12.1. The van der Waals surface area contributed by atoms with Crippen molar-refractivity contribution >= 4 is 21.7 Å². The molecule has 1 N–H and O–H groups in total. The first kappa shape index (κ1) is 12.0. The van der Waals surface area contributed by atoms with Crippen LogP contribution in [0.1, 0.15) is 12.2 Å². The van der Waals surface area contributed by atoms with Crippen molar-refractivity contribution in [2.75, 3.05) is 11.9 Å². The smallest absolute Gasteiger partial charge is 0.130 e. The van der Waals surface area contributed by atoms with Gasteiger partial charge in [-0.1, -0.05) is 0 Å². The van der Waals surface area contributed by atoms with Gasteiger partial charge in [0, 0.05) is 31.5 Å². The van der Waals surface area contributed by atoms with E-state index in [1.165, 1.54) is 0 Å². The summed E-state index contributed by atoms with van der Waals surface area (Å²) in [6.07, 6.45) is 4.76. The van der Waals surface area contributed by atoms with Crippen LogP contribution in [0.2, 0.25) is 0 Å². The monoisotopic (exact) mass is 295 g/mol. The van der Waals surface area contributed by atoms with Gasteiger partial charge < -0.3 is 5.32 Å². The first-order chi connectivity index (χ1) is 8.24. The van der Waals surface area contributed by atoms with E-state index in [1.54, 1.807) is 6.20 Å². The second-order valence-electron chi connectivity index (χ2n) is 3.67. The molecule has 0 aromatic carbocycles. The average molecular weight is 296 g/mol. The first-order valence-electron chi connectivity index (χ1n) is 5.46. The molecule has 2 aromatic heterocycles. The molecule has 17 heavy (non-hydrogen) atoms. The Kier molecular flexibility index (Phi) is 4.08. The van der Waals surface area contributed by atoms with Gasteiger partial charge in [-0.15, -0.1) is 0 Å². The van der Waals surface area contributed by atoms with E-state index < -0.39 is 0 Å². The van der Waals surface area contributed by atoms with Gasteiger partial charge in [-0.3, -0.25) is 4.68 Å². The predicted molar refractivity (Wildman–Crippen MR) is 69.8 cm³/mol. The van der Waals surface area contributed by atoms with Crippen molar-refractivity contribution < 1.29 is 0 Å². The summed E-state index contributed by atoms with van der Waals surface area (Å²) in [7, 11) is 0. The molecule has 0 unspecified atom stereocenters. The van der Waals surface area contributed by atoms with Crippen molar-refractivity contribution in [1.29, 1.82) is 0 Å². The second kappa shape index (κ2) is 5.77. The third kappa shape index (κ3) is 3.81. The second-order valence-corrected chi connectivity index (χ2v) is 4.49. The van der Waals surface area contributed by atoms with Crippen LogP contribution in [0.25, 0.3) is 0 Å². The Morgan fingerprint density at radius 3 is 3.00 bits per heavy atom. The first-order valence-corrected chi connectivity index (χ1v) is 6.26. The lowest BCUT2D eigenvalue weighted by Crippen LogP contribution is -2.08. The highest BCUT2D eigenvalue weighted by molar-refractivity contribution is 9.10. The maximum atomic E-state index is 4.29. The number of anilines is 1. The summed E-state index contributed by atoms with van der Waals surface area (Å²) in [5.41, 5.74) is 0. The van der Waals surface area contributed by atoms with Gasteiger partial charge in [0.2, 0.25) is 0 Å². The summed E-state index contributed by atoms with van der Waals surface area (Å²) in [5.74, 6) is 1.61. The topological polar surface area (TPSA) is 55.6 Å². The quantitative estimate of drug-likeness (QED) is 0.679. The summed E-state index contributed by atoms with van der Waals surface area (Å²) >= 11 is 3.35. The largest absolute Gasteiger partial charge is 0.370 e. The molecule has 0 saturated heterocycles. The molecular weight excluding hydrogens is 282 g/mol. The molecule has 90 valence electrons. The average Bonchev–Trinajstić information content (AvgIpc) is 2.76. The molecule has 0 radical (unpaired) electrons. The molecule has 2 rings (SSSR count). The van der Waals surface area contributed by atoms with Crippen LogP contribution in [0.15, 0.2) is 29.1 Å². The van der Waals surface area contributed by atoms with E-state index in [4.69, 9.17) is 0 Å². The predicted octanol–water partition coefficient (Wildman–Crippen LogP) is 2.25. The highest BCUT2D eigenvalue weighted by Crippen LogP contribution is 2.11. The van der Waals surface area contributed by atoms with Crippen molar-refractivity contribution in [3.63, 3.8) is 0 Å². The molecule has 0 saturated carbocycles. The Bertz CT molecular complexity index is 448. The van der Waals surface area contributed by atoms with E-state index >= 15 is 0 Å². The Morgan fingerprint density at radius 2 is 2.29 bits per heavy atom. The van der Waals surface area contributed by atoms with Crippen LogP contribution in [0.3, 0.4) is 0 Å². The van der Waals surface area contributed by atoms with Gasteiger partial charge in [0.15, 0.2) is 0 Å². The van der Waals surface area contributed by atoms with E-state index in [0.29, 0.717) is 0 Å². The molecule has 0 aliphatic carbocycles. The maximum absolute atomic E-state index is 4.29. The zero-order valence-corrected chi connectivity index (χ0v) is 11.2. The molecule has 0 aliphatic heterocycles. The lowest BCUT2D eigenvalue weighted by atomic mass is 10.4. The summed E-state index contributed by atoms with van der Waals surface area (Å²) in [6.45, 7) is 3.65. The van der Waals surface area contributed by atoms with E-state index in [-0.39, 0.29) is 0 Å². The molecule has 0 spiro atoms. The van der Waals surface area contributed by atoms with Gasteiger partial charge in [-0.05, 0) is 35.3 Å². The molecule has 0 fully saturated rings. The molecule has 2 heterocycles. The van der Waals surface area contributed by atoms with E-state index in [1.807, 2.05) is 29.9 Å². The van der Waals surface area contributed by atoms with Gasteiger partial charge in [0.25, 0.3) is 0 Å². The lowest BCUT2D eigenvalue weighted by Gasteiger charge is -2.06. The standard InChI is InChI=1S/C11H14BrN5/c1-9-15-10(12)8-11(16-9)13-4-2-6-17-7-3-5-14-17/h3,5,7-8H,2,4,6H2,1H3,(H,13,15,16). The Hall–Kier alpha value is -1.43. The van der Waals surface area contributed by atoms with Crippen LogP contribution in [0.5, 0.6) is 0 Å². The summed E-state index contributed by atoms with van der Waals surface area (Å²) in [6, 6.07) is 3.80. The fourth-order valence-electron chi connectivity index (χ4n) is 1.51. The van der Waals surface area contributed by atoms with Crippen molar-refractivity contribution in [1.82, 2.24) is 19.7 Å². The zero-order valence-electron chi connectivity index (χ0n) is 9.60. The summed E-state index contributed by atoms with van der Waals surface area (Å²) < 4.78 is 2.72. The van der Waals surface area contributed by atoms with Gasteiger partial charge in [0.1, 0.15) is 16.2 Å². The van der Waals surface area contributed by atoms with Crippen molar-refractivity contribution in [3.05, 3.63) is 35.0 Å². The fourth-order valence-corrected chi connectivity index (χ4v) is 1.99. The van der Waals surface area contributed by atoms with Gasteiger partial charge in [-0.25, -0.2) is 9.97 Å². The van der Waals surface area contributed by atoms with E-state index in [2.05, 4.69) is 36.3 Å². The van der Waals surface area contributed by atoms with Gasteiger partial charge in [-0.2, -0.15) is 5.10 Å². The van der Waals surface area contributed by atoms with Crippen molar-refractivity contribution in [2.45, 2.75) is 19.9 Å². The molecule has 0 atom stereocenters. The Morgan fingerprint density at radius 1 is 1.41 bits per heavy atom. The highest BCUT2D eigenvalue weighted by Gasteiger charge is 1.98. The van der Waals surface area contributed by atoms with Crippen LogP contribution in [0, 0.1) is 6.92 Å². The van der Waals surface area contributed by atoms with E-state index in [0.717, 1.165) is 35.8 Å². The lowest BCUT2D eigenvalue weighted by molar-refractivity contribution is 0.591. The maximum Gasteiger partial charge on any atom is 0.130 e. The number of rotatable bonds is 5. The van der Waals surface area contributed by atoms with Crippen molar-refractivity contribution in [3.8, 4) is 0 Å². The number of nitrogens with zero attached hydrogens (tertiary/aromatic N) is 4.